The fourth-order valence-electron chi connectivity index (χ4n) is 2.28. The van der Waals surface area contributed by atoms with Crippen molar-refractivity contribution in [3.63, 3.8) is 0 Å². The van der Waals surface area contributed by atoms with Crippen molar-refractivity contribution >= 4 is 28.5 Å². The number of amides is 1. The van der Waals surface area contributed by atoms with Crippen molar-refractivity contribution < 1.29 is 13.2 Å². The van der Waals surface area contributed by atoms with Crippen LogP contribution in [-0.2, 0) is 15.0 Å². The van der Waals surface area contributed by atoms with E-state index < -0.39 is 10.2 Å². The first kappa shape index (κ1) is 20.6. The monoisotopic (exact) mass is 342 g/mol. The number of nitrogens with one attached hydrogen (secondary N) is 1. The fraction of sp³-hybridized carbons (Fsp3) is 0.917. The molecular weight excluding hydrogens is 316 g/mol. The average Bonchev–Trinajstić information content (AvgIpc) is 2.44. The first-order valence-corrected chi connectivity index (χ1v) is 8.53. The number of nitrogens with two attached hydrogens (primary N) is 1. The van der Waals surface area contributed by atoms with Gasteiger partial charge in [0.25, 0.3) is 10.2 Å². The number of hydrogen-bond acceptors (Lipinski definition) is 4. The van der Waals surface area contributed by atoms with Gasteiger partial charge in [0.2, 0.25) is 5.91 Å². The third-order valence-corrected chi connectivity index (χ3v) is 5.73. The van der Waals surface area contributed by atoms with Crippen LogP contribution in [0.2, 0.25) is 0 Å². The molecule has 1 aliphatic rings. The second kappa shape index (κ2) is 9.58. The average molecular weight is 343 g/mol. The Morgan fingerprint density at radius 2 is 2.10 bits per heavy atom. The van der Waals surface area contributed by atoms with Gasteiger partial charge >= 0.3 is 0 Å². The summed E-state index contributed by atoms with van der Waals surface area (Å²) in [4.78, 5) is 11.5. The van der Waals surface area contributed by atoms with Crippen molar-refractivity contribution in [1.82, 2.24) is 13.9 Å². The minimum absolute atomic E-state index is 0. The van der Waals surface area contributed by atoms with E-state index in [9.17, 15) is 13.2 Å². The summed E-state index contributed by atoms with van der Waals surface area (Å²) in [6.07, 6.45) is 2.90. The van der Waals surface area contributed by atoms with Crippen LogP contribution >= 0.6 is 12.4 Å². The molecule has 0 radical (unpaired) electrons. The van der Waals surface area contributed by atoms with Crippen LogP contribution in [0, 0.1) is 0 Å². The molecular formula is C12H27ClN4O3S. The molecule has 0 aromatic carbocycles. The molecule has 1 saturated heterocycles. The Morgan fingerprint density at radius 3 is 2.67 bits per heavy atom. The van der Waals surface area contributed by atoms with E-state index in [0.717, 1.165) is 19.3 Å². The summed E-state index contributed by atoms with van der Waals surface area (Å²) < 4.78 is 27.7. The number of hydrogen-bond donors (Lipinski definition) is 2. The summed E-state index contributed by atoms with van der Waals surface area (Å²) >= 11 is 0. The Labute approximate surface area is 133 Å². The number of halogens is 1. The third kappa shape index (κ3) is 5.71. The molecule has 1 heterocycles. The molecule has 1 amide bonds. The summed E-state index contributed by atoms with van der Waals surface area (Å²) in [5.41, 5.74) is 5.32. The lowest BCUT2D eigenvalue weighted by atomic mass is 10.1. The van der Waals surface area contributed by atoms with Crippen molar-refractivity contribution in [2.45, 2.75) is 38.6 Å². The number of carbonyl (C=O) groups excluding carboxylic acids is 1. The van der Waals surface area contributed by atoms with Gasteiger partial charge in [-0.2, -0.15) is 17.0 Å². The molecule has 0 aliphatic carbocycles. The van der Waals surface area contributed by atoms with E-state index in [1.54, 1.807) is 14.0 Å². The minimum atomic E-state index is -3.43. The molecule has 126 valence electrons. The molecule has 3 N–H and O–H groups in total. The SMILES string of the molecule is CCN(C)S(=O)(=O)N1CCCCC1CNC(=O)CCN.Cl. The maximum Gasteiger partial charge on any atom is 0.282 e. The summed E-state index contributed by atoms with van der Waals surface area (Å²) in [5, 5.41) is 2.77. The quantitative estimate of drug-likeness (QED) is 0.676. The molecule has 7 nitrogen and oxygen atoms in total. The van der Waals surface area contributed by atoms with Gasteiger partial charge in [0.15, 0.2) is 0 Å². The van der Waals surface area contributed by atoms with Gasteiger partial charge in [0.05, 0.1) is 0 Å². The second-order valence-corrected chi connectivity index (χ2v) is 7.01. The molecule has 0 saturated carbocycles. The molecule has 0 aromatic rings. The van der Waals surface area contributed by atoms with Crippen LogP contribution in [0.15, 0.2) is 0 Å². The van der Waals surface area contributed by atoms with Crippen LogP contribution in [0.4, 0.5) is 0 Å². The normalized spacial score (nSPS) is 20.1. The molecule has 1 aliphatic heterocycles. The molecule has 0 spiro atoms. The van der Waals surface area contributed by atoms with E-state index in [1.807, 2.05) is 0 Å². The van der Waals surface area contributed by atoms with E-state index in [1.165, 1.54) is 8.61 Å². The lowest BCUT2D eigenvalue weighted by Gasteiger charge is -2.36. The lowest BCUT2D eigenvalue weighted by Crippen LogP contribution is -2.53. The van der Waals surface area contributed by atoms with Gasteiger partial charge in [0, 0.05) is 45.7 Å². The van der Waals surface area contributed by atoms with Crippen LogP contribution in [-0.4, -0.2) is 62.2 Å². The number of nitrogens with zero attached hydrogens (tertiary/aromatic N) is 2. The summed E-state index contributed by atoms with van der Waals surface area (Å²) in [5.74, 6) is -0.126. The molecule has 0 bridgehead atoms. The van der Waals surface area contributed by atoms with Gasteiger partial charge < -0.3 is 11.1 Å². The van der Waals surface area contributed by atoms with Gasteiger partial charge in [-0.3, -0.25) is 4.79 Å². The third-order valence-electron chi connectivity index (χ3n) is 3.61. The van der Waals surface area contributed by atoms with Crippen LogP contribution in [0.1, 0.15) is 32.6 Å². The number of piperidine rings is 1. The van der Waals surface area contributed by atoms with Crippen molar-refractivity contribution in [2.24, 2.45) is 5.73 Å². The summed E-state index contributed by atoms with van der Waals surface area (Å²) in [6, 6.07) is -0.163. The minimum Gasteiger partial charge on any atom is -0.354 e. The maximum atomic E-state index is 12.4. The van der Waals surface area contributed by atoms with Crippen molar-refractivity contribution in [3.05, 3.63) is 0 Å². The van der Waals surface area contributed by atoms with Crippen LogP contribution in [0.3, 0.4) is 0 Å². The maximum absolute atomic E-state index is 12.4. The molecule has 0 aromatic heterocycles. The fourth-order valence-corrected chi connectivity index (χ4v) is 3.88. The Balaban J connectivity index is 0.00000400. The Kier molecular flexibility index (Phi) is 9.39. The lowest BCUT2D eigenvalue weighted by molar-refractivity contribution is -0.121. The zero-order chi connectivity index (χ0) is 15.2. The highest BCUT2D eigenvalue weighted by Gasteiger charge is 2.34. The second-order valence-electron chi connectivity index (χ2n) is 5.03. The molecule has 1 unspecified atom stereocenters. The first-order valence-electron chi connectivity index (χ1n) is 7.13. The van der Waals surface area contributed by atoms with Gasteiger partial charge in [-0.25, -0.2) is 0 Å². The highest BCUT2D eigenvalue weighted by Crippen LogP contribution is 2.21. The standard InChI is InChI=1S/C12H26N4O3S.ClH/c1-3-15(2)20(18,19)16-9-5-4-6-11(16)10-14-12(17)7-8-13;/h11H,3-10,13H2,1-2H3,(H,14,17);1H. The van der Waals surface area contributed by atoms with E-state index in [4.69, 9.17) is 5.73 Å². The smallest absolute Gasteiger partial charge is 0.282 e. The van der Waals surface area contributed by atoms with Crippen LogP contribution in [0.5, 0.6) is 0 Å². The summed E-state index contributed by atoms with van der Waals surface area (Å²) in [7, 11) is -1.85. The molecule has 1 fully saturated rings. The van der Waals surface area contributed by atoms with E-state index in [0.29, 0.717) is 26.2 Å². The molecule has 1 atom stereocenters. The largest absolute Gasteiger partial charge is 0.354 e. The van der Waals surface area contributed by atoms with E-state index in [-0.39, 0.29) is 30.8 Å². The van der Waals surface area contributed by atoms with Gasteiger partial charge in [0.1, 0.15) is 0 Å². The summed E-state index contributed by atoms with van der Waals surface area (Å²) in [6.45, 7) is 3.42. The first-order chi connectivity index (χ1) is 9.43. The zero-order valence-electron chi connectivity index (χ0n) is 12.7. The van der Waals surface area contributed by atoms with Crippen LogP contribution in [0.25, 0.3) is 0 Å². The topological polar surface area (TPSA) is 95.7 Å². The highest BCUT2D eigenvalue weighted by molar-refractivity contribution is 7.86. The molecule has 1 rings (SSSR count). The van der Waals surface area contributed by atoms with E-state index >= 15 is 0 Å². The zero-order valence-corrected chi connectivity index (χ0v) is 14.4. The number of rotatable bonds is 7. The Bertz CT molecular complexity index is 419. The predicted molar refractivity (Wildman–Crippen MR) is 85.5 cm³/mol. The van der Waals surface area contributed by atoms with Crippen molar-refractivity contribution in [1.29, 1.82) is 0 Å². The van der Waals surface area contributed by atoms with Gasteiger partial charge in [-0.15, -0.1) is 12.4 Å². The molecule has 9 heteroatoms. The highest BCUT2D eigenvalue weighted by atomic mass is 35.5. The predicted octanol–water partition coefficient (Wildman–Crippen LogP) is -0.0758. The van der Waals surface area contributed by atoms with Crippen LogP contribution < -0.4 is 11.1 Å². The number of carbonyl (C=O) groups is 1. The van der Waals surface area contributed by atoms with E-state index in [2.05, 4.69) is 5.32 Å². The Hall–Kier alpha value is -0.410. The van der Waals surface area contributed by atoms with Crippen molar-refractivity contribution in [2.75, 3.05) is 33.2 Å². The van der Waals surface area contributed by atoms with Gasteiger partial charge in [-0.05, 0) is 12.8 Å². The molecule has 21 heavy (non-hydrogen) atoms. The van der Waals surface area contributed by atoms with Crippen molar-refractivity contribution in [3.8, 4) is 0 Å². The Morgan fingerprint density at radius 1 is 1.43 bits per heavy atom. The van der Waals surface area contributed by atoms with Gasteiger partial charge in [-0.1, -0.05) is 13.3 Å².